The van der Waals surface area contributed by atoms with E-state index in [4.69, 9.17) is 10.00 Å². The molecule has 0 saturated carbocycles. The average molecular weight is 199 g/mol. The first-order valence-electron chi connectivity index (χ1n) is 3.35. The molecular formula is C6H16O5P-. The van der Waals surface area contributed by atoms with E-state index in [-0.39, 0.29) is 0 Å². The summed E-state index contributed by atoms with van der Waals surface area (Å²) in [5.74, 6) is 0. The lowest BCUT2D eigenvalue weighted by Crippen LogP contribution is -2.03. The summed E-state index contributed by atoms with van der Waals surface area (Å²) in [7, 11) is -4.67. The molecule has 5 nitrogen and oxygen atoms in total. The van der Waals surface area contributed by atoms with Gasteiger partial charge >= 0.3 is 0 Å². The first-order valence-corrected chi connectivity index (χ1v) is 4.85. The fourth-order valence-corrected chi connectivity index (χ4v) is 0.219. The Bertz CT molecular complexity index is 139. The Morgan fingerprint density at radius 1 is 1.42 bits per heavy atom. The molecule has 0 aliphatic carbocycles. The molecule has 76 valence electrons. The van der Waals surface area contributed by atoms with Gasteiger partial charge in [-0.3, -0.25) is 9.09 Å². The van der Waals surface area contributed by atoms with E-state index < -0.39 is 14.6 Å². The van der Waals surface area contributed by atoms with Crippen LogP contribution in [0.2, 0.25) is 0 Å². The van der Waals surface area contributed by atoms with Crippen molar-refractivity contribution in [2.75, 3.05) is 6.79 Å². The molecule has 2 N–H and O–H groups in total. The first-order chi connectivity index (χ1) is 5.06. The van der Waals surface area contributed by atoms with E-state index in [1.54, 1.807) is 0 Å². The van der Waals surface area contributed by atoms with Crippen LogP contribution in [0.15, 0.2) is 0 Å². The first kappa shape index (κ1) is 14.6. The maximum Gasteiger partial charge on any atom is 0.267 e. The van der Waals surface area contributed by atoms with Crippen LogP contribution in [0.4, 0.5) is 0 Å². The average Bonchev–Trinajstić information content (AvgIpc) is 1.54. The molecule has 1 unspecified atom stereocenters. The van der Waals surface area contributed by atoms with Gasteiger partial charge in [0.25, 0.3) is 7.82 Å². The number of hydrogen-bond donors (Lipinski definition) is 2. The van der Waals surface area contributed by atoms with E-state index in [1.807, 2.05) is 0 Å². The second kappa shape index (κ2) is 5.67. The minimum Gasteiger partial charge on any atom is -0.756 e. The van der Waals surface area contributed by atoms with E-state index in [2.05, 4.69) is 32.2 Å². The lowest BCUT2D eigenvalue weighted by Gasteiger charge is -2.11. The number of phosphoric ester groups is 1. The summed E-state index contributed by atoms with van der Waals surface area (Å²) in [4.78, 5) is 17.1. The Balaban J connectivity index is 0. The quantitative estimate of drug-likeness (QED) is 0.498. The van der Waals surface area contributed by atoms with E-state index in [0.717, 1.165) is 0 Å². The molecule has 12 heavy (non-hydrogen) atoms. The van der Waals surface area contributed by atoms with Crippen LogP contribution in [0.1, 0.15) is 27.7 Å². The summed E-state index contributed by atoms with van der Waals surface area (Å²) in [6.07, 6.45) is 0. The molecule has 0 bridgehead atoms. The zero-order valence-electron chi connectivity index (χ0n) is 7.77. The Morgan fingerprint density at radius 2 is 1.67 bits per heavy atom. The van der Waals surface area contributed by atoms with Crippen LogP contribution in [0.25, 0.3) is 0 Å². The van der Waals surface area contributed by atoms with Crippen molar-refractivity contribution in [1.29, 1.82) is 0 Å². The lowest BCUT2D eigenvalue weighted by atomic mass is 10.0. The van der Waals surface area contributed by atoms with Crippen LogP contribution in [0, 0.1) is 5.41 Å². The molecule has 0 aliphatic heterocycles. The van der Waals surface area contributed by atoms with Crippen LogP contribution in [0.3, 0.4) is 0 Å². The normalized spacial score (nSPS) is 15.9. The van der Waals surface area contributed by atoms with Gasteiger partial charge in [-0.25, -0.2) is 0 Å². The van der Waals surface area contributed by atoms with Gasteiger partial charge in [0, 0.05) is 0 Å². The third-order valence-corrected chi connectivity index (χ3v) is 0.663. The Kier molecular flexibility index (Phi) is 6.89. The second-order valence-corrected chi connectivity index (χ2v) is 4.92. The van der Waals surface area contributed by atoms with Gasteiger partial charge in [-0.15, -0.1) is 0 Å². The maximum atomic E-state index is 9.43. The van der Waals surface area contributed by atoms with E-state index in [9.17, 15) is 9.46 Å². The molecule has 0 aromatic heterocycles. The van der Waals surface area contributed by atoms with Crippen LogP contribution < -0.4 is 4.89 Å². The van der Waals surface area contributed by atoms with Crippen molar-refractivity contribution in [2.24, 2.45) is 5.41 Å². The Labute approximate surface area is 72.6 Å². The summed E-state index contributed by atoms with van der Waals surface area (Å²) >= 11 is 0. The third-order valence-electron chi connectivity index (χ3n) is 0.221. The minimum absolute atomic E-state index is 0.500. The molecule has 0 saturated heterocycles. The maximum absolute atomic E-state index is 9.43. The SMILES string of the molecule is CC(C)(C)C.O=P([O-])(O)OCO. The van der Waals surface area contributed by atoms with Crippen molar-refractivity contribution in [2.45, 2.75) is 27.7 Å². The van der Waals surface area contributed by atoms with Gasteiger partial charge in [-0.1, -0.05) is 27.7 Å². The zero-order chi connectivity index (χ0) is 10.4. The van der Waals surface area contributed by atoms with Crippen LogP contribution in [-0.2, 0) is 9.09 Å². The summed E-state index contributed by atoms with van der Waals surface area (Å²) < 4.78 is 12.8. The fraction of sp³-hybridized carbons (Fsp3) is 1.00. The number of aliphatic hydroxyl groups excluding tert-OH is 1. The van der Waals surface area contributed by atoms with Crippen molar-refractivity contribution >= 4 is 7.82 Å². The van der Waals surface area contributed by atoms with Gasteiger partial charge in [-0.2, -0.15) is 0 Å². The molecule has 0 spiro atoms. The van der Waals surface area contributed by atoms with Gasteiger partial charge in [0.2, 0.25) is 0 Å². The van der Waals surface area contributed by atoms with E-state index in [1.165, 1.54) is 0 Å². The molecule has 1 atom stereocenters. The molecule has 0 aliphatic rings. The monoisotopic (exact) mass is 199 g/mol. The van der Waals surface area contributed by atoms with Gasteiger partial charge < -0.3 is 14.9 Å². The standard InChI is InChI=1S/C5H12.CH5O5P/c1-5(2,3)4;2-1-6-7(3,4)5/h1-4H3;2H,1H2,(H2,3,4,5)/p-1. The Hall–Kier alpha value is 0.0700. The molecule has 0 heterocycles. The summed E-state index contributed by atoms with van der Waals surface area (Å²) in [6.45, 7) is 7.73. The van der Waals surface area contributed by atoms with Crippen molar-refractivity contribution in [1.82, 2.24) is 0 Å². The fourth-order valence-electron chi connectivity index (χ4n) is 0.0730. The summed E-state index contributed by atoms with van der Waals surface area (Å²) in [6, 6.07) is 0. The van der Waals surface area contributed by atoms with Crippen LogP contribution in [-0.4, -0.2) is 16.8 Å². The number of rotatable bonds is 2. The predicted octanol–water partition coefficient (Wildman–Crippen LogP) is 0.466. The molecular weight excluding hydrogens is 183 g/mol. The van der Waals surface area contributed by atoms with Gasteiger partial charge in [0.05, 0.1) is 0 Å². The highest BCUT2D eigenvalue weighted by molar-refractivity contribution is 7.44. The molecule has 0 rings (SSSR count). The molecule has 0 aromatic rings. The molecule has 0 fully saturated rings. The van der Waals surface area contributed by atoms with Crippen molar-refractivity contribution < 1.29 is 24.0 Å². The van der Waals surface area contributed by atoms with Gasteiger partial charge in [0.1, 0.15) is 0 Å². The largest absolute Gasteiger partial charge is 0.756 e. The number of phosphoric acid groups is 1. The molecule has 0 aromatic carbocycles. The van der Waals surface area contributed by atoms with Gasteiger partial charge in [0.15, 0.2) is 6.79 Å². The Morgan fingerprint density at radius 3 is 1.67 bits per heavy atom. The topological polar surface area (TPSA) is 89.8 Å². The minimum atomic E-state index is -4.67. The second-order valence-electron chi connectivity index (χ2n) is 3.73. The number of hydrogen-bond acceptors (Lipinski definition) is 4. The van der Waals surface area contributed by atoms with Crippen LogP contribution in [0.5, 0.6) is 0 Å². The zero-order valence-corrected chi connectivity index (χ0v) is 8.67. The molecule has 0 radical (unpaired) electrons. The lowest BCUT2D eigenvalue weighted by molar-refractivity contribution is -0.225. The van der Waals surface area contributed by atoms with Gasteiger partial charge in [-0.05, 0) is 5.41 Å². The molecule has 0 amide bonds. The van der Waals surface area contributed by atoms with E-state index in [0.29, 0.717) is 5.41 Å². The highest BCUT2D eigenvalue weighted by atomic mass is 31.2. The van der Waals surface area contributed by atoms with Crippen LogP contribution >= 0.6 is 7.82 Å². The van der Waals surface area contributed by atoms with Crippen molar-refractivity contribution in [3.05, 3.63) is 0 Å². The number of aliphatic hydroxyl groups is 1. The summed E-state index contributed by atoms with van der Waals surface area (Å²) in [5.41, 5.74) is 0.500. The van der Waals surface area contributed by atoms with Crippen molar-refractivity contribution in [3.8, 4) is 0 Å². The highest BCUT2D eigenvalue weighted by Gasteiger charge is 1.96. The predicted molar refractivity (Wildman–Crippen MR) is 43.1 cm³/mol. The van der Waals surface area contributed by atoms with Crippen molar-refractivity contribution in [3.63, 3.8) is 0 Å². The smallest absolute Gasteiger partial charge is 0.267 e. The molecule has 6 heteroatoms. The third kappa shape index (κ3) is 50.0. The highest BCUT2D eigenvalue weighted by Crippen LogP contribution is 2.28. The summed E-state index contributed by atoms with van der Waals surface area (Å²) in [5, 5.41) is 7.65. The van der Waals surface area contributed by atoms with E-state index >= 15 is 0 Å².